The summed E-state index contributed by atoms with van der Waals surface area (Å²) in [4.78, 5) is 2.56. The lowest BCUT2D eigenvalue weighted by Crippen LogP contribution is -2.32. The average Bonchev–Trinajstić information content (AvgIpc) is 3.55. The molecular weight excluding hydrogens is 503 g/mol. The van der Waals surface area contributed by atoms with Crippen molar-refractivity contribution in [2.45, 2.75) is 75.8 Å². The molecule has 2 fully saturated rings. The fourth-order valence-corrected chi connectivity index (χ4v) is 7.16. The molecule has 2 N–H and O–H groups in total. The molecule has 3 aromatic carbocycles. The number of rotatable bonds is 11. The number of fused-ring (bicyclic) bond motifs is 3. The molecular formula is C34H41FN2O3. The molecule has 6 rings (SSSR count). The second kappa shape index (κ2) is 12.1. The van der Waals surface area contributed by atoms with Gasteiger partial charge in [0.05, 0.1) is 7.11 Å². The molecule has 6 heteroatoms. The van der Waals surface area contributed by atoms with Crippen LogP contribution in [0.3, 0.4) is 0 Å². The van der Waals surface area contributed by atoms with E-state index < -0.39 is 0 Å². The smallest absolute Gasteiger partial charge is 0.165 e. The van der Waals surface area contributed by atoms with E-state index in [2.05, 4.69) is 28.4 Å². The van der Waals surface area contributed by atoms with Gasteiger partial charge in [-0.25, -0.2) is 4.39 Å². The molecule has 2 aliphatic heterocycles. The highest BCUT2D eigenvalue weighted by molar-refractivity contribution is 5.57. The molecule has 1 aliphatic carbocycles. The van der Waals surface area contributed by atoms with Gasteiger partial charge in [-0.3, -0.25) is 4.90 Å². The minimum absolute atomic E-state index is 0.268. The molecule has 3 aliphatic rings. The highest BCUT2D eigenvalue weighted by atomic mass is 19.1. The molecule has 0 spiro atoms. The number of nitrogens with zero attached hydrogens (tertiary/aromatic N) is 1. The zero-order valence-corrected chi connectivity index (χ0v) is 23.5. The van der Waals surface area contributed by atoms with Crippen molar-refractivity contribution in [1.82, 2.24) is 4.90 Å². The maximum Gasteiger partial charge on any atom is 0.165 e. The molecule has 0 aromatic heterocycles. The fourth-order valence-electron chi connectivity index (χ4n) is 7.16. The topological polar surface area (TPSA) is 54.0 Å². The highest BCUT2D eigenvalue weighted by Gasteiger charge is 2.38. The van der Waals surface area contributed by atoms with Crippen molar-refractivity contribution in [2.75, 3.05) is 32.1 Å². The molecule has 3 aromatic rings. The third kappa shape index (κ3) is 5.92. The van der Waals surface area contributed by atoms with Gasteiger partial charge in [0, 0.05) is 36.9 Å². The van der Waals surface area contributed by atoms with Crippen LogP contribution in [0.1, 0.15) is 66.7 Å². The number of hydrogen-bond donors (Lipinski definition) is 2. The largest absolute Gasteiger partial charge is 0.508 e. The summed E-state index contributed by atoms with van der Waals surface area (Å²) in [5, 5.41) is 13.5. The van der Waals surface area contributed by atoms with E-state index in [0.717, 1.165) is 74.3 Å². The summed E-state index contributed by atoms with van der Waals surface area (Å²) in [5.74, 6) is 1.68. The number of anilines is 1. The molecule has 40 heavy (non-hydrogen) atoms. The summed E-state index contributed by atoms with van der Waals surface area (Å²) in [6, 6.07) is 18.9. The van der Waals surface area contributed by atoms with Crippen molar-refractivity contribution in [3.05, 3.63) is 82.7 Å². The van der Waals surface area contributed by atoms with E-state index in [0.29, 0.717) is 24.0 Å². The minimum atomic E-state index is -0.268. The van der Waals surface area contributed by atoms with E-state index in [4.69, 9.17) is 9.47 Å². The van der Waals surface area contributed by atoms with Crippen molar-refractivity contribution >= 4 is 5.69 Å². The van der Waals surface area contributed by atoms with Gasteiger partial charge in [0.25, 0.3) is 0 Å². The first kappa shape index (κ1) is 26.9. The first-order valence-electron chi connectivity index (χ1n) is 15.0. The van der Waals surface area contributed by atoms with E-state index in [-0.39, 0.29) is 5.82 Å². The van der Waals surface area contributed by atoms with E-state index in [1.165, 1.54) is 42.4 Å². The van der Waals surface area contributed by atoms with Crippen molar-refractivity contribution in [3.63, 3.8) is 0 Å². The van der Waals surface area contributed by atoms with Crippen molar-refractivity contribution < 1.29 is 19.0 Å². The number of benzene rings is 3. The summed E-state index contributed by atoms with van der Waals surface area (Å²) >= 11 is 0. The molecule has 2 heterocycles. The van der Waals surface area contributed by atoms with Crippen molar-refractivity contribution in [3.8, 4) is 17.2 Å². The van der Waals surface area contributed by atoms with Crippen LogP contribution in [0.15, 0.2) is 54.6 Å². The van der Waals surface area contributed by atoms with Crippen LogP contribution in [0.5, 0.6) is 17.2 Å². The summed E-state index contributed by atoms with van der Waals surface area (Å²) in [6.07, 6.45) is 9.89. The van der Waals surface area contributed by atoms with Gasteiger partial charge in [0.2, 0.25) is 0 Å². The molecule has 2 saturated heterocycles. The van der Waals surface area contributed by atoms with Gasteiger partial charge < -0.3 is 19.9 Å². The summed E-state index contributed by atoms with van der Waals surface area (Å²) in [7, 11) is 1.69. The fraction of sp³-hybridized carbons (Fsp3) is 0.471. The zero-order valence-electron chi connectivity index (χ0n) is 23.5. The van der Waals surface area contributed by atoms with Crippen LogP contribution < -0.4 is 14.8 Å². The number of aryl methyl sites for hydroxylation is 2. The van der Waals surface area contributed by atoms with Gasteiger partial charge >= 0.3 is 0 Å². The van der Waals surface area contributed by atoms with Crippen LogP contribution in [0.2, 0.25) is 0 Å². The zero-order chi connectivity index (χ0) is 27.5. The lowest BCUT2D eigenvalue weighted by Gasteiger charge is -2.27. The van der Waals surface area contributed by atoms with Gasteiger partial charge in [-0.15, -0.1) is 0 Å². The number of aromatic hydroxyl groups is 1. The number of methoxy groups -OCH3 is 1. The Morgan fingerprint density at radius 2 is 1.77 bits per heavy atom. The number of ether oxygens (including phenoxy) is 2. The van der Waals surface area contributed by atoms with Gasteiger partial charge in [0.1, 0.15) is 18.1 Å². The first-order valence-corrected chi connectivity index (χ1v) is 15.0. The number of hydrogen-bond acceptors (Lipinski definition) is 5. The second-order valence-electron chi connectivity index (χ2n) is 11.7. The highest BCUT2D eigenvalue weighted by Crippen LogP contribution is 2.39. The Morgan fingerprint density at radius 1 is 0.950 bits per heavy atom. The molecule has 0 amide bonds. The third-order valence-electron chi connectivity index (χ3n) is 9.28. The van der Waals surface area contributed by atoms with Gasteiger partial charge in [-0.05, 0) is 116 Å². The summed E-state index contributed by atoms with van der Waals surface area (Å²) in [6.45, 7) is 2.23. The summed E-state index contributed by atoms with van der Waals surface area (Å²) in [5.41, 5.74) is 5.96. The van der Waals surface area contributed by atoms with E-state index in [1.807, 2.05) is 18.2 Å². The predicted molar refractivity (Wildman–Crippen MR) is 157 cm³/mol. The van der Waals surface area contributed by atoms with Crippen molar-refractivity contribution in [1.29, 1.82) is 0 Å². The van der Waals surface area contributed by atoms with E-state index >= 15 is 0 Å². The maximum atomic E-state index is 14.8. The number of phenolic OH excluding ortho intramolecular Hbond substituents is 1. The molecule has 0 radical (unpaired) electrons. The SMILES string of the molecule is COc1ccc(C2CCc3cc(O)ccc3C2)c(NCCCc2ccc(OCCN3C4CCC3CC4)c(F)c2)c1. The van der Waals surface area contributed by atoms with E-state index in [9.17, 15) is 9.50 Å². The monoisotopic (exact) mass is 544 g/mol. The Hall–Kier alpha value is -3.25. The van der Waals surface area contributed by atoms with Crippen LogP contribution in [-0.4, -0.2) is 48.9 Å². The van der Waals surface area contributed by atoms with Gasteiger partial charge in [-0.2, -0.15) is 0 Å². The molecule has 1 unspecified atom stereocenters. The molecule has 0 saturated carbocycles. The van der Waals surface area contributed by atoms with Crippen LogP contribution in [0.4, 0.5) is 10.1 Å². The Balaban J connectivity index is 1.01. The van der Waals surface area contributed by atoms with Crippen LogP contribution in [0.25, 0.3) is 0 Å². The molecule has 212 valence electrons. The third-order valence-corrected chi connectivity index (χ3v) is 9.28. The van der Waals surface area contributed by atoms with Crippen LogP contribution in [0, 0.1) is 5.82 Å². The minimum Gasteiger partial charge on any atom is -0.508 e. The molecule has 2 bridgehead atoms. The molecule has 1 atom stereocenters. The Labute approximate surface area is 237 Å². The maximum absolute atomic E-state index is 14.8. The lowest BCUT2D eigenvalue weighted by atomic mass is 9.79. The Bertz CT molecular complexity index is 1310. The molecule has 5 nitrogen and oxygen atoms in total. The standard InChI is InChI=1S/C34H41FN2O3/c1-39-30-13-14-31(26-6-5-25-21-29(38)12-7-24(25)20-26)33(22-30)36-16-2-3-23-4-15-34(32(35)19-23)40-18-17-37-27-8-9-28(37)11-10-27/h4,7,12-15,19,21-22,26-28,36,38H,2-3,5-6,8-11,16-18,20H2,1H3. The van der Waals surface area contributed by atoms with Crippen molar-refractivity contribution in [2.24, 2.45) is 0 Å². The average molecular weight is 545 g/mol. The van der Waals surface area contributed by atoms with E-state index in [1.54, 1.807) is 25.3 Å². The number of phenols is 1. The predicted octanol–water partition coefficient (Wildman–Crippen LogP) is 6.86. The number of nitrogens with one attached hydrogen (secondary N) is 1. The van der Waals surface area contributed by atoms with Gasteiger partial charge in [-0.1, -0.05) is 18.2 Å². The lowest BCUT2D eigenvalue weighted by molar-refractivity contribution is 0.190. The second-order valence-corrected chi connectivity index (χ2v) is 11.7. The Morgan fingerprint density at radius 3 is 2.55 bits per heavy atom. The Kier molecular flexibility index (Phi) is 8.15. The quantitative estimate of drug-likeness (QED) is 0.258. The summed E-state index contributed by atoms with van der Waals surface area (Å²) < 4.78 is 26.1. The first-order chi connectivity index (χ1) is 19.6. The van der Waals surface area contributed by atoms with Crippen LogP contribution in [-0.2, 0) is 19.3 Å². The normalized spacial score (nSPS) is 21.8. The van der Waals surface area contributed by atoms with Gasteiger partial charge in [0.15, 0.2) is 11.6 Å². The number of halogens is 1. The van der Waals surface area contributed by atoms with Crippen LogP contribution >= 0.6 is 0 Å².